The summed E-state index contributed by atoms with van der Waals surface area (Å²) >= 11 is 5.38. The van der Waals surface area contributed by atoms with Crippen LogP contribution in [0.1, 0.15) is 18.4 Å². The summed E-state index contributed by atoms with van der Waals surface area (Å²) in [5.74, 6) is 0. The molecule has 1 aromatic rings. The van der Waals surface area contributed by atoms with E-state index in [2.05, 4.69) is 45.7 Å². The number of thioether (sulfide) groups is 1. The highest BCUT2D eigenvalue weighted by atomic mass is 79.9. The Morgan fingerprint density at radius 2 is 2.29 bits per heavy atom. The van der Waals surface area contributed by atoms with Crippen LogP contribution in [0.5, 0.6) is 0 Å². The van der Waals surface area contributed by atoms with Crippen LogP contribution in [0.3, 0.4) is 0 Å². The minimum Gasteiger partial charge on any atom is -0.310 e. The first-order valence-electron chi connectivity index (χ1n) is 4.85. The van der Waals surface area contributed by atoms with Gasteiger partial charge in [0.25, 0.3) is 0 Å². The Kier molecular flexibility index (Phi) is 3.52. The Hall–Kier alpha value is 0.01000. The SMILES string of the molecule is CSc1ccc(CNC2CC2)c(Br)c1. The van der Waals surface area contributed by atoms with Crippen LogP contribution in [0.2, 0.25) is 0 Å². The van der Waals surface area contributed by atoms with Crippen LogP contribution in [0.4, 0.5) is 0 Å². The number of hydrogen-bond donors (Lipinski definition) is 1. The first-order chi connectivity index (χ1) is 6.79. The van der Waals surface area contributed by atoms with Crippen LogP contribution in [0, 0.1) is 0 Å². The van der Waals surface area contributed by atoms with Gasteiger partial charge in [0.05, 0.1) is 0 Å². The highest BCUT2D eigenvalue weighted by Gasteiger charge is 2.20. The molecule has 0 unspecified atom stereocenters. The minimum absolute atomic E-state index is 0.780. The summed E-state index contributed by atoms with van der Waals surface area (Å²) in [5, 5.41) is 3.51. The van der Waals surface area contributed by atoms with E-state index in [4.69, 9.17) is 0 Å². The third kappa shape index (κ3) is 2.75. The highest BCUT2D eigenvalue weighted by molar-refractivity contribution is 9.10. The van der Waals surface area contributed by atoms with Gasteiger partial charge in [-0.2, -0.15) is 0 Å². The third-order valence-electron chi connectivity index (χ3n) is 2.42. The second kappa shape index (κ2) is 4.69. The number of nitrogens with one attached hydrogen (secondary N) is 1. The molecule has 1 aliphatic carbocycles. The number of benzene rings is 1. The summed E-state index contributed by atoms with van der Waals surface area (Å²) in [6, 6.07) is 7.35. The zero-order valence-electron chi connectivity index (χ0n) is 8.22. The monoisotopic (exact) mass is 271 g/mol. The van der Waals surface area contributed by atoms with Gasteiger partial charge in [0.1, 0.15) is 0 Å². The lowest BCUT2D eigenvalue weighted by Gasteiger charge is -2.06. The van der Waals surface area contributed by atoms with E-state index in [9.17, 15) is 0 Å². The molecular weight excluding hydrogens is 258 g/mol. The van der Waals surface area contributed by atoms with Gasteiger partial charge < -0.3 is 5.32 Å². The molecular formula is C11H14BrNS. The van der Waals surface area contributed by atoms with Crippen molar-refractivity contribution in [3.63, 3.8) is 0 Å². The lowest BCUT2D eigenvalue weighted by Crippen LogP contribution is -2.15. The van der Waals surface area contributed by atoms with Gasteiger partial charge in [0.2, 0.25) is 0 Å². The third-order valence-corrected chi connectivity index (χ3v) is 3.88. The second-order valence-corrected chi connectivity index (χ2v) is 5.35. The van der Waals surface area contributed by atoms with Crippen LogP contribution >= 0.6 is 27.7 Å². The number of hydrogen-bond acceptors (Lipinski definition) is 2. The molecule has 0 atom stereocenters. The number of rotatable bonds is 4. The number of halogens is 1. The maximum atomic E-state index is 3.61. The molecule has 1 aliphatic rings. The average Bonchev–Trinajstić information content (AvgIpc) is 2.99. The Bertz CT molecular complexity index is 323. The lowest BCUT2D eigenvalue weighted by molar-refractivity contribution is 0.685. The van der Waals surface area contributed by atoms with E-state index in [1.807, 2.05) is 0 Å². The van der Waals surface area contributed by atoms with Crippen molar-refractivity contribution < 1.29 is 0 Å². The average molecular weight is 272 g/mol. The molecule has 14 heavy (non-hydrogen) atoms. The smallest absolute Gasteiger partial charge is 0.0231 e. The molecule has 0 heterocycles. The van der Waals surface area contributed by atoms with Gasteiger partial charge in [0, 0.05) is 22.0 Å². The predicted octanol–water partition coefficient (Wildman–Crippen LogP) is 3.42. The molecule has 1 fully saturated rings. The molecule has 2 rings (SSSR count). The van der Waals surface area contributed by atoms with Crippen molar-refractivity contribution in [2.75, 3.05) is 6.26 Å². The van der Waals surface area contributed by atoms with Gasteiger partial charge in [-0.1, -0.05) is 22.0 Å². The van der Waals surface area contributed by atoms with E-state index in [1.54, 1.807) is 11.8 Å². The van der Waals surface area contributed by atoms with Crippen LogP contribution in [-0.4, -0.2) is 12.3 Å². The Balaban J connectivity index is 2.01. The van der Waals surface area contributed by atoms with E-state index in [0.717, 1.165) is 12.6 Å². The molecule has 1 N–H and O–H groups in total. The molecule has 76 valence electrons. The molecule has 0 spiro atoms. The molecule has 0 aromatic heterocycles. The summed E-state index contributed by atoms with van der Waals surface area (Å²) in [6.45, 7) is 0.986. The molecule has 1 aromatic carbocycles. The van der Waals surface area contributed by atoms with Gasteiger partial charge >= 0.3 is 0 Å². The lowest BCUT2D eigenvalue weighted by atomic mass is 10.2. The summed E-state index contributed by atoms with van der Waals surface area (Å²) in [7, 11) is 0. The second-order valence-electron chi connectivity index (χ2n) is 3.61. The summed E-state index contributed by atoms with van der Waals surface area (Å²) in [5.41, 5.74) is 1.36. The highest BCUT2D eigenvalue weighted by Crippen LogP contribution is 2.25. The molecule has 0 amide bonds. The Labute approximate surface area is 97.8 Å². The molecule has 0 bridgehead atoms. The molecule has 3 heteroatoms. The fourth-order valence-corrected chi connectivity index (χ4v) is 2.45. The first kappa shape index (κ1) is 10.5. The van der Waals surface area contributed by atoms with Gasteiger partial charge in [0.15, 0.2) is 0 Å². The largest absolute Gasteiger partial charge is 0.310 e. The standard InChI is InChI=1S/C11H14BrNS/c1-14-10-5-2-8(11(12)6-10)7-13-9-3-4-9/h2,5-6,9,13H,3-4,7H2,1H3. The molecule has 0 radical (unpaired) electrons. The van der Waals surface area contributed by atoms with E-state index in [1.165, 1.54) is 27.8 Å². The summed E-state index contributed by atoms with van der Waals surface area (Å²) < 4.78 is 1.22. The Morgan fingerprint density at radius 1 is 1.50 bits per heavy atom. The molecule has 0 aliphatic heterocycles. The maximum absolute atomic E-state index is 3.61. The van der Waals surface area contributed by atoms with Gasteiger partial charge in [-0.3, -0.25) is 0 Å². The van der Waals surface area contributed by atoms with E-state index in [0.29, 0.717) is 0 Å². The van der Waals surface area contributed by atoms with Crippen molar-refractivity contribution in [2.24, 2.45) is 0 Å². The van der Waals surface area contributed by atoms with Gasteiger partial charge in [-0.05, 0) is 36.8 Å². The van der Waals surface area contributed by atoms with E-state index < -0.39 is 0 Å². The van der Waals surface area contributed by atoms with Crippen LogP contribution in [-0.2, 0) is 6.54 Å². The summed E-state index contributed by atoms with van der Waals surface area (Å²) in [6.07, 6.45) is 4.80. The maximum Gasteiger partial charge on any atom is 0.0231 e. The molecule has 1 nitrogen and oxygen atoms in total. The normalized spacial score (nSPS) is 15.9. The molecule has 0 saturated heterocycles. The first-order valence-corrected chi connectivity index (χ1v) is 6.87. The van der Waals surface area contributed by atoms with Crippen molar-refractivity contribution >= 4 is 27.7 Å². The zero-order valence-corrected chi connectivity index (χ0v) is 10.6. The quantitative estimate of drug-likeness (QED) is 0.843. The van der Waals surface area contributed by atoms with E-state index >= 15 is 0 Å². The fraction of sp³-hybridized carbons (Fsp3) is 0.455. The summed E-state index contributed by atoms with van der Waals surface area (Å²) in [4.78, 5) is 1.31. The topological polar surface area (TPSA) is 12.0 Å². The van der Waals surface area contributed by atoms with Crippen molar-refractivity contribution in [3.05, 3.63) is 28.2 Å². The van der Waals surface area contributed by atoms with Crippen molar-refractivity contribution in [1.29, 1.82) is 0 Å². The zero-order chi connectivity index (χ0) is 9.97. The van der Waals surface area contributed by atoms with Crippen LogP contribution in [0.15, 0.2) is 27.6 Å². The van der Waals surface area contributed by atoms with Crippen LogP contribution in [0.25, 0.3) is 0 Å². The van der Waals surface area contributed by atoms with Crippen molar-refractivity contribution in [1.82, 2.24) is 5.32 Å². The van der Waals surface area contributed by atoms with Crippen molar-refractivity contribution in [3.8, 4) is 0 Å². The van der Waals surface area contributed by atoms with Gasteiger partial charge in [-0.15, -0.1) is 11.8 Å². The predicted molar refractivity (Wildman–Crippen MR) is 65.8 cm³/mol. The fourth-order valence-electron chi connectivity index (χ4n) is 1.34. The van der Waals surface area contributed by atoms with Crippen molar-refractivity contribution in [2.45, 2.75) is 30.3 Å². The van der Waals surface area contributed by atoms with Gasteiger partial charge in [-0.25, -0.2) is 0 Å². The van der Waals surface area contributed by atoms with Crippen LogP contribution < -0.4 is 5.32 Å². The molecule has 1 saturated carbocycles. The Morgan fingerprint density at radius 3 is 2.86 bits per heavy atom. The van der Waals surface area contributed by atoms with E-state index in [-0.39, 0.29) is 0 Å². The minimum atomic E-state index is 0.780.